The fraction of sp³-hybridized carbons (Fsp3) is 0.320. The van der Waals surface area contributed by atoms with Crippen molar-refractivity contribution in [2.45, 2.75) is 41.9 Å². The molecule has 3 heterocycles. The first-order valence-corrected chi connectivity index (χ1v) is 11.3. The van der Waals surface area contributed by atoms with E-state index in [9.17, 15) is 8.78 Å². The number of alkyl halides is 9. The van der Waals surface area contributed by atoms with Gasteiger partial charge in [0, 0.05) is 18.8 Å². The zero-order valence-corrected chi connectivity index (χ0v) is 19.8. The SMILES string of the molecule is CN1C(c2ccccn2)=NC2(C(F)(F)F)C1=C1C(=C3OC(c4ccccc4)=NC32C)C(F)(F)C(F)(F)C1(F)F. The van der Waals surface area contributed by atoms with Crippen molar-refractivity contribution in [3.63, 3.8) is 0 Å². The number of halogens is 9. The summed E-state index contributed by atoms with van der Waals surface area (Å²) in [5.74, 6) is -20.2. The molecule has 1 aromatic heterocycles. The van der Waals surface area contributed by atoms with Gasteiger partial charge in [-0.15, -0.1) is 0 Å². The lowest BCUT2D eigenvalue weighted by molar-refractivity contribution is -0.258. The van der Waals surface area contributed by atoms with Crippen LogP contribution in [-0.2, 0) is 4.74 Å². The Morgan fingerprint density at radius 2 is 1.44 bits per heavy atom. The summed E-state index contributed by atoms with van der Waals surface area (Å²) in [5, 5.41) is 0. The Labute approximate surface area is 214 Å². The Morgan fingerprint density at radius 1 is 0.821 bits per heavy atom. The highest BCUT2D eigenvalue weighted by Gasteiger charge is 2.88. The second-order valence-electron chi connectivity index (χ2n) is 9.53. The molecular formula is C25H15F9N4O. The van der Waals surface area contributed by atoms with Gasteiger partial charge in [-0.1, -0.05) is 24.3 Å². The topological polar surface area (TPSA) is 50.1 Å². The van der Waals surface area contributed by atoms with Crippen LogP contribution < -0.4 is 0 Å². The van der Waals surface area contributed by atoms with E-state index in [-0.39, 0.29) is 11.3 Å². The molecule has 0 saturated heterocycles. The molecule has 0 spiro atoms. The molecule has 204 valence electrons. The number of hydrogen-bond acceptors (Lipinski definition) is 5. The minimum absolute atomic E-state index is 0.00163. The van der Waals surface area contributed by atoms with Gasteiger partial charge in [-0.25, -0.2) is 9.98 Å². The van der Waals surface area contributed by atoms with E-state index >= 15 is 30.7 Å². The van der Waals surface area contributed by atoms with Crippen molar-refractivity contribution >= 4 is 11.7 Å². The van der Waals surface area contributed by atoms with Gasteiger partial charge in [-0.3, -0.25) is 4.98 Å². The number of nitrogens with zero attached hydrogens (tertiary/aromatic N) is 4. The Bertz CT molecular complexity index is 1530. The summed E-state index contributed by atoms with van der Waals surface area (Å²) in [4.78, 5) is 12.1. The number of amidine groups is 1. The van der Waals surface area contributed by atoms with Gasteiger partial charge in [0.2, 0.25) is 11.4 Å². The lowest BCUT2D eigenvalue weighted by Crippen LogP contribution is -2.63. The van der Waals surface area contributed by atoms with Crippen LogP contribution in [0.25, 0.3) is 0 Å². The van der Waals surface area contributed by atoms with Crippen LogP contribution >= 0.6 is 0 Å². The molecule has 14 heteroatoms. The largest absolute Gasteiger partial charge is 0.440 e. The van der Waals surface area contributed by atoms with Crippen molar-refractivity contribution in [3.05, 3.63) is 88.6 Å². The Hall–Kier alpha value is -3.84. The number of pyridine rings is 1. The normalized spacial score (nSPS) is 30.0. The molecule has 0 radical (unpaired) electrons. The molecule has 6 rings (SSSR count). The van der Waals surface area contributed by atoms with Gasteiger partial charge < -0.3 is 9.64 Å². The summed E-state index contributed by atoms with van der Waals surface area (Å²) in [6, 6.07) is 11.0. The number of hydrogen-bond donors (Lipinski definition) is 0. The van der Waals surface area contributed by atoms with Crippen LogP contribution in [0.5, 0.6) is 0 Å². The van der Waals surface area contributed by atoms with Crippen molar-refractivity contribution in [2.24, 2.45) is 9.98 Å². The fourth-order valence-corrected chi connectivity index (χ4v) is 5.59. The molecule has 0 bridgehead atoms. The highest BCUT2D eigenvalue weighted by molar-refractivity contribution is 6.03. The van der Waals surface area contributed by atoms with Gasteiger partial charge >= 0.3 is 23.9 Å². The number of aliphatic imine (C=N–C) groups is 2. The monoisotopic (exact) mass is 558 g/mol. The van der Waals surface area contributed by atoms with Gasteiger partial charge in [0.25, 0.3) is 0 Å². The second kappa shape index (κ2) is 7.21. The van der Waals surface area contributed by atoms with E-state index in [2.05, 4.69) is 15.0 Å². The van der Waals surface area contributed by atoms with Crippen LogP contribution in [0.15, 0.2) is 87.3 Å². The molecule has 2 aromatic rings. The standard InChI is InChI=1S/C25H15F9N4O/c1-20-17(39-19(37-20)12-8-4-3-5-9-12)15-14(22(26,27)24(30,31)23(15,28)29)16-21(20,25(32,33)34)36-18(38(16)2)13-10-6-7-11-35-13/h3-11H,1-2H3. The molecule has 2 aliphatic carbocycles. The maximum absolute atomic E-state index is 15.4. The smallest absolute Gasteiger partial charge is 0.422 e. The molecule has 4 aliphatic rings. The first kappa shape index (κ1) is 25.4. The summed E-state index contributed by atoms with van der Waals surface area (Å²) in [6.45, 7) is 0.707. The average molecular weight is 558 g/mol. The quantitative estimate of drug-likeness (QED) is 0.441. The third-order valence-corrected chi connectivity index (χ3v) is 7.40. The summed E-state index contributed by atoms with van der Waals surface area (Å²) in [7, 11) is 0.845. The minimum Gasteiger partial charge on any atom is -0.440 e. The number of allylic oxidation sites excluding steroid dienone is 2. The number of likely N-dealkylation sites (N-methyl/N-ethyl adjacent to an activating group) is 1. The van der Waals surface area contributed by atoms with Gasteiger partial charge in [-0.05, 0) is 31.2 Å². The van der Waals surface area contributed by atoms with Crippen molar-refractivity contribution < 1.29 is 44.3 Å². The molecule has 2 atom stereocenters. The predicted molar refractivity (Wildman–Crippen MR) is 119 cm³/mol. The lowest BCUT2D eigenvalue weighted by atomic mass is 9.67. The molecule has 39 heavy (non-hydrogen) atoms. The molecule has 1 saturated carbocycles. The van der Waals surface area contributed by atoms with E-state index < -0.39 is 69.4 Å². The van der Waals surface area contributed by atoms with Crippen LogP contribution in [0.3, 0.4) is 0 Å². The summed E-state index contributed by atoms with van der Waals surface area (Å²) in [5.41, 5.74) is -13.0. The van der Waals surface area contributed by atoms with Crippen molar-refractivity contribution in [2.75, 3.05) is 7.05 Å². The van der Waals surface area contributed by atoms with Crippen molar-refractivity contribution in [3.8, 4) is 0 Å². The number of benzene rings is 1. The molecular weight excluding hydrogens is 543 g/mol. The van der Waals surface area contributed by atoms with E-state index in [1.165, 1.54) is 54.7 Å². The van der Waals surface area contributed by atoms with Gasteiger partial charge in [0.05, 0.1) is 16.8 Å². The van der Waals surface area contributed by atoms with Gasteiger partial charge in [0.1, 0.15) is 11.5 Å². The fourth-order valence-electron chi connectivity index (χ4n) is 5.59. The zero-order valence-electron chi connectivity index (χ0n) is 19.8. The second-order valence-corrected chi connectivity index (χ2v) is 9.53. The van der Waals surface area contributed by atoms with Gasteiger partial charge in [-0.2, -0.15) is 39.5 Å². The van der Waals surface area contributed by atoms with Crippen molar-refractivity contribution in [1.82, 2.24) is 9.88 Å². The predicted octanol–water partition coefficient (Wildman–Crippen LogP) is 5.75. The van der Waals surface area contributed by atoms with Crippen LogP contribution in [-0.4, -0.2) is 63.7 Å². The Balaban J connectivity index is 1.79. The number of fused-ring (bicyclic) bond motifs is 4. The first-order valence-electron chi connectivity index (χ1n) is 11.3. The maximum atomic E-state index is 15.4. The molecule has 5 nitrogen and oxygen atoms in total. The Kier molecular flexibility index (Phi) is 4.71. The van der Waals surface area contributed by atoms with Crippen LogP contribution in [0.1, 0.15) is 18.2 Å². The molecule has 0 N–H and O–H groups in total. The van der Waals surface area contributed by atoms with E-state index in [1.807, 2.05) is 0 Å². The van der Waals surface area contributed by atoms with Crippen LogP contribution in [0.2, 0.25) is 0 Å². The lowest BCUT2D eigenvalue weighted by Gasteiger charge is -2.45. The van der Waals surface area contributed by atoms with E-state index in [4.69, 9.17) is 4.74 Å². The highest BCUT2D eigenvalue weighted by atomic mass is 19.4. The van der Waals surface area contributed by atoms with Gasteiger partial charge in [0.15, 0.2) is 11.4 Å². The molecule has 2 aliphatic heterocycles. The number of rotatable bonds is 2. The highest BCUT2D eigenvalue weighted by Crippen LogP contribution is 2.71. The molecule has 1 fully saturated rings. The Morgan fingerprint density at radius 3 is 2.03 bits per heavy atom. The number of aromatic nitrogens is 1. The van der Waals surface area contributed by atoms with E-state index in [0.29, 0.717) is 11.8 Å². The summed E-state index contributed by atoms with van der Waals surface area (Å²) >= 11 is 0. The van der Waals surface area contributed by atoms with E-state index in [1.54, 1.807) is 0 Å². The molecule has 0 amide bonds. The molecule has 2 unspecified atom stereocenters. The summed E-state index contributed by atoms with van der Waals surface area (Å²) in [6.07, 6.45) is -4.44. The third-order valence-electron chi connectivity index (χ3n) is 7.40. The maximum Gasteiger partial charge on any atom is 0.422 e. The number of ether oxygens (including phenoxy) is 1. The van der Waals surface area contributed by atoms with Crippen LogP contribution in [0.4, 0.5) is 39.5 Å². The van der Waals surface area contributed by atoms with Crippen LogP contribution in [0, 0.1) is 0 Å². The van der Waals surface area contributed by atoms with E-state index in [0.717, 1.165) is 7.05 Å². The average Bonchev–Trinajstić information content (AvgIpc) is 3.42. The molecule has 1 aromatic carbocycles. The van der Waals surface area contributed by atoms with Crippen molar-refractivity contribution in [1.29, 1.82) is 0 Å². The zero-order chi connectivity index (χ0) is 28.4. The minimum atomic E-state index is -6.10. The third kappa shape index (κ3) is 2.71. The first-order chi connectivity index (χ1) is 18.0. The summed E-state index contributed by atoms with van der Waals surface area (Å²) < 4.78 is 142.